The number of hydrogen-bond acceptors (Lipinski definition) is 4. The van der Waals surface area contributed by atoms with E-state index >= 15 is 0 Å². The molecule has 0 bridgehead atoms. The zero-order chi connectivity index (χ0) is 15.4. The molecule has 1 aliphatic carbocycles. The van der Waals surface area contributed by atoms with E-state index < -0.39 is 5.97 Å². The predicted octanol–water partition coefficient (Wildman–Crippen LogP) is 1.63. The first kappa shape index (κ1) is 15.8. The van der Waals surface area contributed by atoms with Crippen LogP contribution >= 0.6 is 0 Å². The number of carboxylic acid groups (broad SMARTS) is 1. The number of fused-ring (bicyclic) bond motifs is 1. The van der Waals surface area contributed by atoms with Gasteiger partial charge in [-0.2, -0.15) is 0 Å². The molecule has 5 heteroatoms. The highest BCUT2D eigenvalue weighted by atomic mass is 16.5. The minimum absolute atomic E-state index is 0.0785. The van der Waals surface area contributed by atoms with Gasteiger partial charge in [0, 0.05) is 19.1 Å². The van der Waals surface area contributed by atoms with Gasteiger partial charge in [-0.3, -0.25) is 9.69 Å². The van der Waals surface area contributed by atoms with Crippen molar-refractivity contribution in [3.63, 3.8) is 0 Å². The van der Waals surface area contributed by atoms with Gasteiger partial charge in [0.2, 0.25) is 0 Å². The van der Waals surface area contributed by atoms with E-state index in [0.29, 0.717) is 0 Å². The summed E-state index contributed by atoms with van der Waals surface area (Å²) in [5.74, 6) is 0.0636. The van der Waals surface area contributed by atoms with Crippen molar-refractivity contribution in [2.24, 2.45) is 0 Å². The van der Waals surface area contributed by atoms with Crippen LogP contribution < -0.4 is 4.74 Å². The molecule has 0 amide bonds. The number of rotatable bonds is 7. The first-order valence-corrected chi connectivity index (χ1v) is 7.28. The number of aliphatic carboxylic acids is 1. The maximum atomic E-state index is 11.2. The lowest BCUT2D eigenvalue weighted by atomic mass is 10.1. The number of likely N-dealkylation sites (N-methyl/N-ethyl adjacent to an activating group) is 1. The average Bonchev–Trinajstić information content (AvgIpc) is 2.85. The van der Waals surface area contributed by atoms with Crippen molar-refractivity contribution < 1.29 is 14.6 Å². The quantitative estimate of drug-likeness (QED) is 0.828. The van der Waals surface area contributed by atoms with Crippen molar-refractivity contribution in [3.8, 4) is 5.75 Å². The second-order valence-corrected chi connectivity index (χ2v) is 5.79. The Bertz CT molecular complexity index is 502. The van der Waals surface area contributed by atoms with Crippen LogP contribution in [0.5, 0.6) is 5.75 Å². The molecule has 0 spiro atoms. The minimum atomic E-state index is -0.773. The zero-order valence-corrected chi connectivity index (χ0v) is 13.0. The van der Waals surface area contributed by atoms with E-state index in [2.05, 4.69) is 21.9 Å². The van der Waals surface area contributed by atoms with E-state index in [1.54, 1.807) is 7.11 Å². The van der Waals surface area contributed by atoms with Crippen molar-refractivity contribution in [1.29, 1.82) is 0 Å². The molecule has 21 heavy (non-hydrogen) atoms. The zero-order valence-electron chi connectivity index (χ0n) is 13.0. The number of ether oxygens (including phenoxy) is 1. The molecule has 0 aliphatic heterocycles. The standard InChI is InChI=1S/C16H24N2O3/c1-17(2)8-9-18(11-16(19)20)15-7-5-12-4-6-13(21-3)10-14(12)15/h4,6,10,15H,5,7-9,11H2,1-3H3,(H,19,20). The van der Waals surface area contributed by atoms with Crippen LogP contribution in [0, 0.1) is 0 Å². The maximum absolute atomic E-state index is 11.2. The summed E-state index contributed by atoms with van der Waals surface area (Å²) in [6, 6.07) is 6.30. The van der Waals surface area contributed by atoms with Crippen molar-refractivity contribution in [3.05, 3.63) is 29.3 Å². The third-order valence-corrected chi connectivity index (χ3v) is 4.01. The Balaban J connectivity index is 2.20. The van der Waals surface area contributed by atoms with Crippen LogP contribution in [0.3, 0.4) is 0 Å². The highest BCUT2D eigenvalue weighted by Crippen LogP contribution is 2.37. The Kier molecular flexibility index (Phi) is 5.20. The molecule has 0 saturated carbocycles. The van der Waals surface area contributed by atoms with Crippen LogP contribution in [0.2, 0.25) is 0 Å². The average molecular weight is 292 g/mol. The molecular formula is C16H24N2O3. The monoisotopic (exact) mass is 292 g/mol. The van der Waals surface area contributed by atoms with E-state index in [-0.39, 0.29) is 12.6 Å². The van der Waals surface area contributed by atoms with Crippen molar-refractivity contribution >= 4 is 5.97 Å². The van der Waals surface area contributed by atoms with Gasteiger partial charge in [0.25, 0.3) is 0 Å². The normalized spacial score (nSPS) is 17.3. The van der Waals surface area contributed by atoms with Crippen molar-refractivity contribution in [1.82, 2.24) is 9.80 Å². The number of carboxylic acids is 1. The Morgan fingerprint density at radius 2 is 2.14 bits per heavy atom. The highest BCUT2D eigenvalue weighted by Gasteiger charge is 2.29. The molecule has 5 nitrogen and oxygen atoms in total. The Hall–Kier alpha value is -1.59. The van der Waals surface area contributed by atoms with Gasteiger partial charge in [0.15, 0.2) is 0 Å². The summed E-state index contributed by atoms with van der Waals surface area (Å²) in [5, 5.41) is 9.18. The molecular weight excluding hydrogens is 268 g/mol. The second kappa shape index (κ2) is 6.91. The summed E-state index contributed by atoms with van der Waals surface area (Å²) in [7, 11) is 5.67. The lowest BCUT2D eigenvalue weighted by Gasteiger charge is -2.29. The van der Waals surface area contributed by atoms with E-state index in [0.717, 1.165) is 31.7 Å². The summed E-state index contributed by atoms with van der Waals surface area (Å²) >= 11 is 0. The van der Waals surface area contributed by atoms with Crippen LogP contribution in [0.1, 0.15) is 23.6 Å². The number of hydrogen-bond donors (Lipinski definition) is 1. The van der Waals surface area contributed by atoms with Gasteiger partial charge in [-0.1, -0.05) is 6.07 Å². The van der Waals surface area contributed by atoms with Gasteiger partial charge in [0.1, 0.15) is 5.75 Å². The van der Waals surface area contributed by atoms with Crippen LogP contribution in [0.4, 0.5) is 0 Å². The number of benzene rings is 1. The molecule has 1 unspecified atom stereocenters. The number of aryl methyl sites for hydroxylation is 1. The van der Waals surface area contributed by atoms with Crippen LogP contribution in [0.25, 0.3) is 0 Å². The van der Waals surface area contributed by atoms with Gasteiger partial charge >= 0.3 is 5.97 Å². The topological polar surface area (TPSA) is 53.0 Å². The summed E-state index contributed by atoms with van der Waals surface area (Å²) in [6.45, 7) is 1.68. The fourth-order valence-electron chi connectivity index (χ4n) is 2.91. The van der Waals surface area contributed by atoms with E-state index in [1.807, 2.05) is 20.2 Å². The van der Waals surface area contributed by atoms with E-state index in [9.17, 15) is 9.90 Å². The van der Waals surface area contributed by atoms with Gasteiger partial charge in [0.05, 0.1) is 13.7 Å². The van der Waals surface area contributed by atoms with Crippen LogP contribution in [-0.4, -0.2) is 61.7 Å². The molecule has 0 heterocycles. The summed E-state index contributed by atoms with van der Waals surface area (Å²) in [6.07, 6.45) is 1.98. The summed E-state index contributed by atoms with van der Waals surface area (Å²) in [5.41, 5.74) is 2.52. The minimum Gasteiger partial charge on any atom is -0.497 e. The third-order valence-electron chi connectivity index (χ3n) is 4.01. The Labute approximate surface area is 126 Å². The molecule has 0 radical (unpaired) electrons. The number of carbonyl (C=O) groups is 1. The molecule has 1 aromatic carbocycles. The van der Waals surface area contributed by atoms with Gasteiger partial charge in [-0.15, -0.1) is 0 Å². The fraction of sp³-hybridized carbons (Fsp3) is 0.562. The van der Waals surface area contributed by atoms with E-state index in [4.69, 9.17) is 4.74 Å². The maximum Gasteiger partial charge on any atom is 0.317 e. The number of nitrogens with zero attached hydrogens (tertiary/aromatic N) is 2. The van der Waals surface area contributed by atoms with Crippen LogP contribution in [0.15, 0.2) is 18.2 Å². The SMILES string of the molecule is COc1ccc2c(c1)C(N(CCN(C)C)CC(=O)O)CC2. The molecule has 2 rings (SSSR count). The van der Waals surface area contributed by atoms with Gasteiger partial charge < -0.3 is 14.7 Å². The first-order valence-electron chi connectivity index (χ1n) is 7.28. The molecule has 1 N–H and O–H groups in total. The lowest BCUT2D eigenvalue weighted by molar-refractivity contribution is -0.139. The van der Waals surface area contributed by atoms with E-state index in [1.165, 1.54) is 11.1 Å². The highest BCUT2D eigenvalue weighted by molar-refractivity contribution is 5.69. The van der Waals surface area contributed by atoms with Crippen LogP contribution in [-0.2, 0) is 11.2 Å². The molecule has 0 fully saturated rings. The second-order valence-electron chi connectivity index (χ2n) is 5.79. The molecule has 1 aliphatic rings. The molecule has 0 saturated heterocycles. The predicted molar refractivity (Wildman–Crippen MR) is 81.8 cm³/mol. The Morgan fingerprint density at radius 3 is 2.76 bits per heavy atom. The van der Waals surface area contributed by atoms with Crippen molar-refractivity contribution in [2.75, 3.05) is 40.8 Å². The lowest BCUT2D eigenvalue weighted by Crippen LogP contribution is -2.37. The molecule has 116 valence electrons. The fourth-order valence-corrected chi connectivity index (χ4v) is 2.91. The third kappa shape index (κ3) is 3.95. The molecule has 1 atom stereocenters. The largest absolute Gasteiger partial charge is 0.497 e. The van der Waals surface area contributed by atoms with Gasteiger partial charge in [-0.25, -0.2) is 0 Å². The Morgan fingerprint density at radius 1 is 1.38 bits per heavy atom. The molecule has 0 aromatic heterocycles. The molecule has 1 aromatic rings. The van der Waals surface area contributed by atoms with Crippen molar-refractivity contribution in [2.45, 2.75) is 18.9 Å². The number of methoxy groups -OCH3 is 1. The smallest absolute Gasteiger partial charge is 0.317 e. The first-order chi connectivity index (χ1) is 10.0. The van der Waals surface area contributed by atoms with Gasteiger partial charge in [-0.05, 0) is 50.2 Å². The summed E-state index contributed by atoms with van der Waals surface area (Å²) < 4.78 is 5.30. The summed E-state index contributed by atoms with van der Waals surface area (Å²) in [4.78, 5) is 15.3.